The smallest absolute Gasteiger partial charge is 0.288 e. The maximum atomic E-state index is 12.8. The lowest BCUT2D eigenvalue weighted by molar-refractivity contribution is 0.0951. The third-order valence-electron chi connectivity index (χ3n) is 4.42. The molecule has 0 fully saturated rings. The Hall–Kier alpha value is -3.66. The number of nitrogens with one attached hydrogen (secondary N) is 2. The molecule has 4 nitrogen and oxygen atoms in total. The zero-order chi connectivity index (χ0) is 18.6. The number of benzene rings is 3. The molecule has 4 heteroatoms. The molecule has 0 aliphatic rings. The Bertz CT molecular complexity index is 1110. The van der Waals surface area contributed by atoms with Crippen molar-refractivity contribution >= 4 is 23.0 Å². The summed E-state index contributed by atoms with van der Waals surface area (Å²) in [6.45, 7) is 2.05. The van der Waals surface area contributed by atoms with Gasteiger partial charge >= 0.3 is 0 Å². The lowest BCUT2D eigenvalue weighted by Gasteiger charge is -2.04. The first-order chi connectivity index (χ1) is 13.2. The van der Waals surface area contributed by atoms with E-state index in [0.717, 1.165) is 33.2 Å². The van der Waals surface area contributed by atoms with Crippen LogP contribution in [0.4, 0.5) is 0 Å². The summed E-state index contributed by atoms with van der Waals surface area (Å²) >= 11 is 0. The van der Waals surface area contributed by atoms with Crippen molar-refractivity contribution in [3.63, 3.8) is 0 Å². The first-order valence-electron chi connectivity index (χ1n) is 8.78. The second kappa shape index (κ2) is 7.30. The van der Waals surface area contributed by atoms with Crippen LogP contribution in [0, 0.1) is 6.92 Å². The van der Waals surface area contributed by atoms with Crippen molar-refractivity contribution in [3.8, 4) is 11.1 Å². The van der Waals surface area contributed by atoms with E-state index in [1.54, 1.807) is 6.21 Å². The molecule has 2 N–H and O–H groups in total. The number of hydrogen-bond acceptors (Lipinski definition) is 2. The molecule has 0 radical (unpaired) electrons. The van der Waals surface area contributed by atoms with Crippen LogP contribution in [-0.4, -0.2) is 17.1 Å². The molecular weight excluding hydrogens is 334 g/mol. The van der Waals surface area contributed by atoms with Crippen LogP contribution in [0.15, 0.2) is 84.0 Å². The molecule has 4 aromatic rings. The second-order valence-corrected chi connectivity index (χ2v) is 6.40. The Morgan fingerprint density at radius 1 is 0.963 bits per heavy atom. The minimum absolute atomic E-state index is 0.269. The van der Waals surface area contributed by atoms with Crippen molar-refractivity contribution in [1.29, 1.82) is 0 Å². The van der Waals surface area contributed by atoms with E-state index in [9.17, 15) is 4.79 Å². The van der Waals surface area contributed by atoms with E-state index >= 15 is 0 Å². The summed E-state index contributed by atoms with van der Waals surface area (Å²) < 4.78 is 0. The zero-order valence-corrected chi connectivity index (χ0v) is 14.9. The van der Waals surface area contributed by atoms with Gasteiger partial charge in [0.05, 0.1) is 6.21 Å². The van der Waals surface area contributed by atoms with E-state index in [4.69, 9.17) is 0 Å². The van der Waals surface area contributed by atoms with E-state index in [0.29, 0.717) is 5.69 Å². The van der Waals surface area contributed by atoms with Gasteiger partial charge in [0.2, 0.25) is 0 Å². The Labute approximate surface area is 157 Å². The molecular formula is C23H19N3O. The molecule has 0 unspecified atom stereocenters. The molecule has 0 aliphatic heterocycles. The highest BCUT2D eigenvalue weighted by molar-refractivity contribution is 6.10. The molecule has 1 heterocycles. The SMILES string of the molecule is Cc1ccc2[nH]c(C(=O)NN=Cc3ccccc3)c(-c3ccccc3)c2c1. The summed E-state index contributed by atoms with van der Waals surface area (Å²) in [7, 11) is 0. The lowest BCUT2D eigenvalue weighted by atomic mass is 10.0. The maximum Gasteiger partial charge on any atom is 0.288 e. The number of rotatable bonds is 4. The van der Waals surface area contributed by atoms with Crippen molar-refractivity contribution < 1.29 is 4.79 Å². The molecule has 4 rings (SSSR count). The van der Waals surface area contributed by atoms with Crippen molar-refractivity contribution in [2.75, 3.05) is 0 Å². The minimum Gasteiger partial charge on any atom is -0.350 e. The Kier molecular flexibility index (Phi) is 4.54. The molecule has 0 saturated carbocycles. The van der Waals surface area contributed by atoms with Crippen LogP contribution in [0.3, 0.4) is 0 Å². The van der Waals surface area contributed by atoms with E-state index < -0.39 is 0 Å². The van der Waals surface area contributed by atoms with E-state index in [1.807, 2.05) is 79.7 Å². The van der Waals surface area contributed by atoms with E-state index in [-0.39, 0.29) is 5.91 Å². The predicted octanol–water partition coefficient (Wildman–Crippen LogP) is 4.91. The van der Waals surface area contributed by atoms with Gasteiger partial charge in [-0.3, -0.25) is 4.79 Å². The summed E-state index contributed by atoms with van der Waals surface area (Å²) in [5.74, 6) is -0.269. The highest BCUT2D eigenvalue weighted by Gasteiger charge is 2.19. The van der Waals surface area contributed by atoms with Crippen LogP contribution in [0.1, 0.15) is 21.6 Å². The molecule has 27 heavy (non-hydrogen) atoms. The van der Waals surface area contributed by atoms with Gasteiger partial charge in [0.1, 0.15) is 5.69 Å². The first kappa shape index (κ1) is 16.8. The minimum atomic E-state index is -0.269. The van der Waals surface area contributed by atoms with Gasteiger partial charge in [-0.05, 0) is 30.2 Å². The van der Waals surface area contributed by atoms with Gasteiger partial charge in [-0.2, -0.15) is 5.10 Å². The predicted molar refractivity (Wildman–Crippen MR) is 110 cm³/mol. The first-order valence-corrected chi connectivity index (χ1v) is 8.78. The Balaban J connectivity index is 1.72. The fourth-order valence-electron chi connectivity index (χ4n) is 3.14. The highest BCUT2D eigenvalue weighted by Crippen LogP contribution is 2.33. The molecule has 3 aromatic carbocycles. The number of H-pyrrole nitrogens is 1. The lowest BCUT2D eigenvalue weighted by Crippen LogP contribution is -2.18. The highest BCUT2D eigenvalue weighted by atomic mass is 16.2. The number of aryl methyl sites for hydroxylation is 1. The molecule has 0 bridgehead atoms. The topological polar surface area (TPSA) is 57.2 Å². The van der Waals surface area contributed by atoms with Gasteiger partial charge in [-0.25, -0.2) is 5.43 Å². The van der Waals surface area contributed by atoms with Crippen molar-refractivity contribution in [3.05, 3.63) is 95.7 Å². The Morgan fingerprint density at radius 3 is 2.41 bits per heavy atom. The van der Waals surface area contributed by atoms with Crippen molar-refractivity contribution in [2.24, 2.45) is 5.10 Å². The number of hydrogen-bond donors (Lipinski definition) is 2. The van der Waals surface area contributed by atoms with Crippen LogP contribution >= 0.6 is 0 Å². The van der Waals surface area contributed by atoms with Gasteiger partial charge in [-0.15, -0.1) is 0 Å². The standard InChI is InChI=1S/C23H19N3O/c1-16-12-13-20-19(14-16)21(18-10-6-3-7-11-18)22(25-20)23(27)26-24-15-17-8-4-2-5-9-17/h2-15,25H,1H3,(H,26,27). The van der Waals surface area contributed by atoms with E-state index in [1.165, 1.54) is 0 Å². The molecule has 0 spiro atoms. The number of aromatic amines is 1. The van der Waals surface area contributed by atoms with Gasteiger partial charge in [-0.1, -0.05) is 72.3 Å². The summed E-state index contributed by atoms with van der Waals surface area (Å²) in [4.78, 5) is 16.1. The van der Waals surface area contributed by atoms with Crippen molar-refractivity contribution in [1.82, 2.24) is 10.4 Å². The maximum absolute atomic E-state index is 12.8. The number of aromatic nitrogens is 1. The number of carbonyl (C=O) groups is 1. The van der Waals surface area contributed by atoms with Crippen LogP contribution in [0.5, 0.6) is 0 Å². The van der Waals surface area contributed by atoms with Crippen LogP contribution in [0.25, 0.3) is 22.0 Å². The average Bonchev–Trinajstić information content (AvgIpc) is 3.08. The van der Waals surface area contributed by atoms with Gasteiger partial charge in [0.25, 0.3) is 5.91 Å². The fraction of sp³-hybridized carbons (Fsp3) is 0.0435. The number of amides is 1. The van der Waals surface area contributed by atoms with Crippen LogP contribution in [0.2, 0.25) is 0 Å². The van der Waals surface area contributed by atoms with Crippen LogP contribution in [-0.2, 0) is 0 Å². The summed E-state index contributed by atoms with van der Waals surface area (Å²) in [6, 6.07) is 25.7. The average molecular weight is 353 g/mol. The fourth-order valence-corrected chi connectivity index (χ4v) is 3.14. The third kappa shape index (κ3) is 3.51. The monoisotopic (exact) mass is 353 g/mol. The number of fused-ring (bicyclic) bond motifs is 1. The normalized spacial score (nSPS) is 11.1. The molecule has 0 saturated heterocycles. The number of nitrogens with zero attached hydrogens (tertiary/aromatic N) is 1. The number of carbonyl (C=O) groups excluding carboxylic acids is 1. The molecule has 1 amide bonds. The largest absolute Gasteiger partial charge is 0.350 e. The quantitative estimate of drug-likeness (QED) is 0.398. The summed E-state index contributed by atoms with van der Waals surface area (Å²) in [5, 5.41) is 5.12. The molecule has 132 valence electrons. The van der Waals surface area contributed by atoms with Gasteiger partial charge in [0.15, 0.2) is 0 Å². The molecule has 0 atom stereocenters. The van der Waals surface area contributed by atoms with Gasteiger partial charge in [0, 0.05) is 16.5 Å². The van der Waals surface area contributed by atoms with Crippen LogP contribution < -0.4 is 5.43 Å². The second-order valence-electron chi connectivity index (χ2n) is 6.40. The molecule has 1 aromatic heterocycles. The molecule has 0 aliphatic carbocycles. The summed E-state index contributed by atoms with van der Waals surface area (Å²) in [5.41, 5.74) is 8.02. The zero-order valence-electron chi connectivity index (χ0n) is 14.9. The van der Waals surface area contributed by atoms with E-state index in [2.05, 4.69) is 21.6 Å². The Morgan fingerprint density at radius 2 is 1.67 bits per heavy atom. The number of hydrazone groups is 1. The van der Waals surface area contributed by atoms with Crippen molar-refractivity contribution in [2.45, 2.75) is 6.92 Å². The van der Waals surface area contributed by atoms with Gasteiger partial charge < -0.3 is 4.98 Å². The third-order valence-corrected chi connectivity index (χ3v) is 4.42. The summed E-state index contributed by atoms with van der Waals surface area (Å²) in [6.07, 6.45) is 1.63.